The van der Waals surface area contributed by atoms with Crippen LogP contribution in [0, 0.1) is 5.41 Å². The van der Waals surface area contributed by atoms with E-state index in [1.165, 1.54) is 0 Å². The van der Waals surface area contributed by atoms with Crippen LogP contribution in [0.15, 0.2) is 24.3 Å². The number of aliphatic carboxylic acids is 1. The highest BCUT2D eigenvalue weighted by atomic mass is 16.4. The van der Waals surface area contributed by atoms with Gasteiger partial charge in [-0.05, 0) is 32.4 Å². The fourth-order valence-electron chi connectivity index (χ4n) is 3.20. The number of fused-ring (bicyclic) bond motifs is 1. The van der Waals surface area contributed by atoms with Crippen molar-refractivity contribution in [1.29, 1.82) is 0 Å². The zero-order valence-corrected chi connectivity index (χ0v) is 12.7. The minimum absolute atomic E-state index is 0.114. The zero-order chi connectivity index (χ0) is 15.2. The van der Waals surface area contributed by atoms with Crippen molar-refractivity contribution < 1.29 is 9.90 Å². The summed E-state index contributed by atoms with van der Waals surface area (Å²) < 4.78 is 2.11. The summed E-state index contributed by atoms with van der Waals surface area (Å²) in [4.78, 5) is 18.3. The molecule has 0 radical (unpaired) electrons. The molecule has 1 aliphatic rings. The highest BCUT2D eigenvalue weighted by Gasteiger charge is 2.42. The summed E-state index contributed by atoms with van der Waals surface area (Å²) in [6.45, 7) is 5.31. The molecule has 1 saturated heterocycles. The van der Waals surface area contributed by atoms with Crippen LogP contribution in [-0.4, -0.2) is 38.6 Å². The van der Waals surface area contributed by atoms with Gasteiger partial charge in [-0.2, -0.15) is 0 Å². The Balaban J connectivity index is 1.90. The number of carbonyl (C=O) groups is 1. The number of rotatable bonds is 3. The quantitative estimate of drug-likeness (QED) is 0.942. The van der Waals surface area contributed by atoms with Gasteiger partial charge in [-0.15, -0.1) is 0 Å². The molecule has 5 nitrogen and oxygen atoms in total. The summed E-state index contributed by atoms with van der Waals surface area (Å²) in [6, 6.07) is 8.18. The number of nitrogens with zero attached hydrogens (tertiary/aromatic N) is 3. The molecule has 2 aromatic rings. The van der Waals surface area contributed by atoms with Gasteiger partial charge >= 0.3 is 5.97 Å². The number of aromatic nitrogens is 2. The van der Waals surface area contributed by atoms with E-state index in [1.807, 2.05) is 32.2 Å². The van der Waals surface area contributed by atoms with E-state index < -0.39 is 11.4 Å². The molecule has 1 N–H and O–H groups in total. The Kier molecular flexibility index (Phi) is 3.24. The number of para-hydroxylation sites is 2. The zero-order valence-electron chi connectivity index (χ0n) is 12.7. The van der Waals surface area contributed by atoms with Gasteiger partial charge in [0.05, 0.1) is 22.5 Å². The highest BCUT2D eigenvalue weighted by molar-refractivity contribution is 5.76. The maximum Gasteiger partial charge on any atom is 0.310 e. The number of aryl methyl sites for hydroxylation is 1. The summed E-state index contributed by atoms with van der Waals surface area (Å²) in [5.74, 6) is 0.285. The smallest absolute Gasteiger partial charge is 0.310 e. The second-order valence-electron chi connectivity index (χ2n) is 6.28. The van der Waals surface area contributed by atoms with E-state index in [0.29, 0.717) is 13.0 Å². The van der Waals surface area contributed by atoms with Crippen molar-refractivity contribution in [3.63, 3.8) is 0 Å². The van der Waals surface area contributed by atoms with Crippen molar-refractivity contribution in [3.8, 4) is 0 Å². The summed E-state index contributed by atoms with van der Waals surface area (Å²) in [5, 5.41) is 9.36. The van der Waals surface area contributed by atoms with Crippen molar-refractivity contribution >= 4 is 17.0 Å². The van der Waals surface area contributed by atoms with Crippen LogP contribution in [0.2, 0.25) is 0 Å². The molecule has 1 aromatic carbocycles. The Morgan fingerprint density at radius 1 is 1.43 bits per heavy atom. The predicted octanol–water partition coefficient (Wildman–Crippen LogP) is 2.43. The largest absolute Gasteiger partial charge is 0.481 e. The summed E-state index contributed by atoms with van der Waals surface area (Å²) in [6.07, 6.45) is 0.691. The van der Waals surface area contributed by atoms with Gasteiger partial charge in [-0.3, -0.25) is 9.69 Å². The molecule has 1 aliphatic heterocycles. The molecule has 21 heavy (non-hydrogen) atoms. The van der Waals surface area contributed by atoms with Gasteiger partial charge in [-0.25, -0.2) is 4.98 Å². The van der Waals surface area contributed by atoms with Crippen LogP contribution >= 0.6 is 0 Å². The minimum atomic E-state index is -0.706. The second kappa shape index (κ2) is 4.84. The fraction of sp³-hybridized carbons (Fsp3) is 0.500. The lowest BCUT2D eigenvalue weighted by Gasteiger charge is -2.25. The van der Waals surface area contributed by atoms with E-state index in [0.717, 1.165) is 23.4 Å². The number of carboxylic acid groups (broad SMARTS) is 1. The minimum Gasteiger partial charge on any atom is -0.481 e. The van der Waals surface area contributed by atoms with E-state index in [2.05, 4.69) is 22.5 Å². The van der Waals surface area contributed by atoms with Crippen molar-refractivity contribution in [2.24, 2.45) is 12.5 Å². The second-order valence-corrected chi connectivity index (χ2v) is 6.28. The predicted molar refractivity (Wildman–Crippen MR) is 81.1 cm³/mol. The van der Waals surface area contributed by atoms with E-state index in [1.54, 1.807) is 0 Å². The monoisotopic (exact) mass is 287 g/mol. The number of imidazole rings is 1. The summed E-state index contributed by atoms with van der Waals surface area (Å²) >= 11 is 0. The van der Waals surface area contributed by atoms with Crippen LogP contribution in [-0.2, 0) is 11.8 Å². The topological polar surface area (TPSA) is 58.4 Å². The number of carboxylic acids is 1. The van der Waals surface area contributed by atoms with E-state index in [-0.39, 0.29) is 6.04 Å². The maximum atomic E-state index is 11.4. The van der Waals surface area contributed by atoms with Crippen molar-refractivity contribution in [3.05, 3.63) is 30.1 Å². The fourth-order valence-corrected chi connectivity index (χ4v) is 3.20. The molecular formula is C16H21N3O2. The Morgan fingerprint density at radius 2 is 2.14 bits per heavy atom. The van der Waals surface area contributed by atoms with Gasteiger partial charge in [-0.1, -0.05) is 12.1 Å². The van der Waals surface area contributed by atoms with Gasteiger partial charge in [0.2, 0.25) is 0 Å². The molecule has 5 heteroatoms. The average Bonchev–Trinajstić information content (AvgIpc) is 3.01. The number of hydrogen-bond acceptors (Lipinski definition) is 3. The van der Waals surface area contributed by atoms with Crippen LogP contribution < -0.4 is 0 Å². The molecule has 0 aliphatic carbocycles. The standard InChI is InChI=1S/C16H21N3O2/c1-11(19-9-8-16(2,10-19)15(20)21)14-17-12-6-4-5-7-13(12)18(14)3/h4-7,11H,8-10H2,1-3H3,(H,20,21). The Bertz CT molecular complexity index is 694. The molecule has 1 aromatic heterocycles. The lowest BCUT2D eigenvalue weighted by atomic mass is 9.90. The molecule has 0 spiro atoms. The van der Waals surface area contributed by atoms with Crippen LogP contribution in [0.1, 0.15) is 32.1 Å². The van der Waals surface area contributed by atoms with Crippen LogP contribution in [0.25, 0.3) is 11.0 Å². The first-order valence-electron chi connectivity index (χ1n) is 7.31. The molecular weight excluding hydrogens is 266 g/mol. The average molecular weight is 287 g/mol. The van der Waals surface area contributed by atoms with E-state index in [4.69, 9.17) is 4.98 Å². The van der Waals surface area contributed by atoms with E-state index >= 15 is 0 Å². The summed E-state index contributed by atoms with van der Waals surface area (Å²) in [7, 11) is 2.02. The number of likely N-dealkylation sites (tertiary alicyclic amines) is 1. The van der Waals surface area contributed by atoms with Crippen molar-refractivity contribution in [2.45, 2.75) is 26.3 Å². The lowest BCUT2D eigenvalue weighted by Crippen LogP contribution is -2.33. The Labute approximate surface area is 124 Å². The van der Waals surface area contributed by atoms with Gasteiger partial charge in [0.1, 0.15) is 5.82 Å². The van der Waals surface area contributed by atoms with Crippen molar-refractivity contribution in [2.75, 3.05) is 13.1 Å². The van der Waals surface area contributed by atoms with Gasteiger partial charge in [0, 0.05) is 20.1 Å². The Morgan fingerprint density at radius 3 is 2.76 bits per heavy atom. The Hall–Kier alpha value is -1.88. The van der Waals surface area contributed by atoms with Crippen LogP contribution in [0.4, 0.5) is 0 Å². The first-order valence-corrected chi connectivity index (χ1v) is 7.31. The highest BCUT2D eigenvalue weighted by Crippen LogP contribution is 2.35. The van der Waals surface area contributed by atoms with Gasteiger partial charge in [0.25, 0.3) is 0 Å². The summed E-state index contributed by atoms with van der Waals surface area (Å²) in [5.41, 5.74) is 1.46. The molecule has 3 rings (SSSR count). The number of benzene rings is 1. The third-order valence-corrected chi connectivity index (χ3v) is 4.76. The lowest BCUT2D eigenvalue weighted by molar-refractivity contribution is -0.147. The third kappa shape index (κ3) is 2.21. The first-order chi connectivity index (χ1) is 9.92. The molecule has 2 heterocycles. The third-order valence-electron chi connectivity index (χ3n) is 4.76. The van der Waals surface area contributed by atoms with Gasteiger partial charge in [0.15, 0.2) is 0 Å². The molecule has 112 valence electrons. The van der Waals surface area contributed by atoms with Crippen LogP contribution in [0.5, 0.6) is 0 Å². The van der Waals surface area contributed by atoms with Crippen molar-refractivity contribution in [1.82, 2.24) is 14.5 Å². The molecule has 0 bridgehead atoms. The normalized spacial score (nSPS) is 24.5. The number of hydrogen-bond donors (Lipinski definition) is 1. The molecule has 0 amide bonds. The van der Waals surface area contributed by atoms with E-state index in [9.17, 15) is 9.90 Å². The SMILES string of the molecule is CC(c1nc2ccccc2n1C)N1CCC(C)(C(=O)O)C1. The first kappa shape index (κ1) is 14.1. The molecule has 0 saturated carbocycles. The molecule has 2 unspecified atom stereocenters. The molecule has 2 atom stereocenters. The molecule has 1 fully saturated rings. The van der Waals surface area contributed by atoms with Gasteiger partial charge < -0.3 is 9.67 Å². The maximum absolute atomic E-state index is 11.4. The van der Waals surface area contributed by atoms with Crippen LogP contribution in [0.3, 0.4) is 0 Å².